The van der Waals surface area contributed by atoms with Crippen molar-refractivity contribution in [2.45, 2.75) is 39.7 Å². The number of aliphatic hydroxyl groups excluding tert-OH is 1. The average molecular weight is 385 g/mol. The fraction of sp³-hybridized carbons (Fsp3) is 0.350. The molecule has 0 aliphatic carbocycles. The Morgan fingerprint density at radius 2 is 1.86 bits per heavy atom. The summed E-state index contributed by atoms with van der Waals surface area (Å²) in [7, 11) is 1.48. The number of hydrogen-bond donors (Lipinski definition) is 2. The number of rotatable bonds is 7. The van der Waals surface area contributed by atoms with E-state index in [-0.39, 0.29) is 0 Å². The van der Waals surface area contributed by atoms with Gasteiger partial charge in [-0.25, -0.2) is 9.07 Å². The Morgan fingerprint density at radius 1 is 1.14 bits per heavy atom. The summed E-state index contributed by atoms with van der Waals surface area (Å²) in [6, 6.07) is 8.09. The SMILES string of the molecule is CCC(O)Cc1nc(Nc2cc(F)cc(OC)c2)nn1-c1cc(C)nc(C)c1. The maximum absolute atomic E-state index is 13.8. The van der Waals surface area contributed by atoms with Crippen molar-refractivity contribution in [3.8, 4) is 11.4 Å². The van der Waals surface area contributed by atoms with Crippen LogP contribution in [0.15, 0.2) is 30.3 Å². The Bertz CT molecular complexity index is 953. The molecule has 0 saturated carbocycles. The third-order valence-corrected chi connectivity index (χ3v) is 4.24. The van der Waals surface area contributed by atoms with Gasteiger partial charge in [0, 0.05) is 35.6 Å². The van der Waals surface area contributed by atoms with Crippen molar-refractivity contribution >= 4 is 11.6 Å². The minimum atomic E-state index is -0.533. The number of aliphatic hydroxyl groups is 1. The van der Waals surface area contributed by atoms with Crippen LogP contribution in [0, 0.1) is 19.7 Å². The molecule has 0 spiro atoms. The minimum absolute atomic E-state index is 0.304. The van der Waals surface area contributed by atoms with Crippen molar-refractivity contribution in [1.29, 1.82) is 0 Å². The van der Waals surface area contributed by atoms with E-state index in [2.05, 4.69) is 20.4 Å². The van der Waals surface area contributed by atoms with Gasteiger partial charge in [-0.05, 0) is 38.5 Å². The van der Waals surface area contributed by atoms with Crippen molar-refractivity contribution in [1.82, 2.24) is 19.7 Å². The number of nitrogens with one attached hydrogen (secondary N) is 1. The van der Waals surface area contributed by atoms with E-state index < -0.39 is 11.9 Å². The lowest BCUT2D eigenvalue weighted by Crippen LogP contribution is -2.14. The molecule has 3 aromatic rings. The van der Waals surface area contributed by atoms with Crippen molar-refractivity contribution in [2.24, 2.45) is 0 Å². The molecule has 0 fully saturated rings. The van der Waals surface area contributed by atoms with Gasteiger partial charge in [-0.15, -0.1) is 5.10 Å². The summed E-state index contributed by atoms with van der Waals surface area (Å²) in [6.45, 7) is 5.72. The lowest BCUT2D eigenvalue weighted by molar-refractivity contribution is 0.167. The number of anilines is 2. The molecule has 2 N–H and O–H groups in total. The molecule has 28 heavy (non-hydrogen) atoms. The van der Waals surface area contributed by atoms with Crippen molar-refractivity contribution in [3.63, 3.8) is 0 Å². The standard InChI is InChI=1S/C20H24FN5O2/c1-5-17(27)11-19-24-20(23-15-8-14(21)9-18(10-15)28-4)25-26(19)16-6-12(2)22-13(3)7-16/h6-10,17,27H,5,11H2,1-4H3,(H,23,25). The van der Waals surface area contributed by atoms with Crippen LogP contribution < -0.4 is 10.1 Å². The van der Waals surface area contributed by atoms with Gasteiger partial charge in [-0.1, -0.05) is 6.92 Å². The van der Waals surface area contributed by atoms with E-state index >= 15 is 0 Å². The highest BCUT2D eigenvalue weighted by Gasteiger charge is 2.16. The van der Waals surface area contributed by atoms with Crippen LogP contribution in [0.4, 0.5) is 16.0 Å². The first-order valence-electron chi connectivity index (χ1n) is 9.09. The van der Waals surface area contributed by atoms with E-state index in [0.717, 1.165) is 17.1 Å². The fourth-order valence-electron chi connectivity index (χ4n) is 2.91. The molecule has 0 amide bonds. The number of pyridine rings is 1. The molecule has 3 rings (SSSR count). The van der Waals surface area contributed by atoms with Gasteiger partial charge in [0.15, 0.2) is 0 Å². The zero-order chi connectivity index (χ0) is 20.3. The van der Waals surface area contributed by atoms with Gasteiger partial charge in [-0.2, -0.15) is 4.98 Å². The van der Waals surface area contributed by atoms with E-state index in [1.165, 1.54) is 19.2 Å². The summed E-state index contributed by atoms with van der Waals surface area (Å²) in [5.74, 6) is 0.871. The molecule has 7 nitrogen and oxygen atoms in total. The van der Waals surface area contributed by atoms with E-state index in [9.17, 15) is 9.50 Å². The zero-order valence-electron chi connectivity index (χ0n) is 16.4. The summed E-state index contributed by atoms with van der Waals surface area (Å²) in [5.41, 5.74) is 2.99. The molecule has 0 saturated heterocycles. The van der Waals surface area contributed by atoms with Gasteiger partial charge in [0.05, 0.1) is 18.9 Å². The van der Waals surface area contributed by atoms with Gasteiger partial charge in [0.2, 0.25) is 5.95 Å². The molecule has 0 radical (unpaired) electrons. The van der Waals surface area contributed by atoms with E-state index in [0.29, 0.717) is 36.1 Å². The van der Waals surface area contributed by atoms with Crippen molar-refractivity contribution < 1.29 is 14.2 Å². The zero-order valence-corrected chi connectivity index (χ0v) is 16.4. The molecule has 0 bridgehead atoms. The number of ether oxygens (including phenoxy) is 1. The molecule has 2 aromatic heterocycles. The summed E-state index contributed by atoms with van der Waals surface area (Å²) in [5, 5.41) is 17.6. The van der Waals surface area contributed by atoms with Crippen molar-refractivity contribution in [3.05, 3.63) is 53.4 Å². The van der Waals surface area contributed by atoms with Crippen molar-refractivity contribution in [2.75, 3.05) is 12.4 Å². The quantitative estimate of drug-likeness (QED) is 0.648. The minimum Gasteiger partial charge on any atom is -0.497 e. The third kappa shape index (κ3) is 4.64. The van der Waals surface area contributed by atoms with Gasteiger partial charge in [-0.3, -0.25) is 4.98 Å². The van der Waals surface area contributed by atoms with Crippen LogP contribution in [0.25, 0.3) is 5.69 Å². The van der Waals surface area contributed by atoms with Gasteiger partial charge in [0.25, 0.3) is 0 Å². The first kappa shape index (κ1) is 19.8. The molecule has 8 heteroatoms. The largest absolute Gasteiger partial charge is 0.497 e. The topological polar surface area (TPSA) is 85.1 Å². The Labute approximate surface area is 163 Å². The second kappa shape index (κ2) is 8.35. The van der Waals surface area contributed by atoms with E-state index in [1.807, 2.05) is 32.9 Å². The first-order chi connectivity index (χ1) is 13.4. The molecule has 2 heterocycles. The second-order valence-electron chi connectivity index (χ2n) is 6.64. The van der Waals surface area contributed by atoms with Gasteiger partial charge < -0.3 is 15.2 Å². The number of aryl methyl sites for hydroxylation is 2. The maximum atomic E-state index is 13.8. The highest BCUT2D eigenvalue weighted by atomic mass is 19.1. The third-order valence-electron chi connectivity index (χ3n) is 4.24. The van der Waals surface area contributed by atoms with Gasteiger partial charge >= 0.3 is 0 Å². The molecular weight excluding hydrogens is 361 g/mol. The Hall–Kier alpha value is -3.00. The number of aromatic nitrogens is 4. The van der Waals surface area contributed by atoms with Gasteiger partial charge in [0.1, 0.15) is 17.4 Å². The van der Waals surface area contributed by atoms with E-state index in [1.54, 1.807) is 10.7 Å². The molecule has 1 unspecified atom stereocenters. The number of methoxy groups -OCH3 is 1. The predicted molar refractivity (Wildman–Crippen MR) is 105 cm³/mol. The molecule has 148 valence electrons. The highest BCUT2D eigenvalue weighted by Crippen LogP contribution is 2.23. The van der Waals surface area contributed by atoms with Crippen LogP contribution in [0.3, 0.4) is 0 Å². The number of nitrogens with zero attached hydrogens (tertiary/aromatic N) is 4. The lowest BCUT2D eigenvalue weighted by Gasteiger charge is -2.10. The van der Waals surface area contributed by atoms with E-state index in [4.69, 9.17) is 4.74 Å². The normalized spacial score (nSPS) is 12.1. The average Bonchev–Trinajstić information content (AvgIpc) is 3.02. The Balaban J connectivity index is 2.00. The molecule has 1 aromatic carbocycles. The van der Waals surface area contributed by atoms with Crippen LogP contribution in [0.2, 0.25) is 0 Å². The molecule has 1 atom stereocenters. The first-order valence-corrected chi connectivity index (χ1v) is 9.09. The summed E-state index contributed by atoms with van der Waals surface area (Å²) in [6.07, 6.45) is 0.414. The van der Waals surface area contributed by atoms with Crippen LogP contribution in [0.1, 0.15) is 30.6 Å². The smallest absolute Gasteiger partial charge is 0.247 e. The number of halogens is 1. The number of benzene rings is 1. The molecule has 0 aliphatic rings. The van der Waals surface area contributed by atoms with Crippen LogP contribution in [-0.2, 0) is 6.42 Å². The summed E-state index contributed by atoms with van der Waals surface area (Å²) in [4.78, 5) is 8.90. The fourth-order valence-corrected chi connectivity index (χ4v) is 2.91. The number of hydrogen-bond acceptors (Lipinski definition) is 6. The van der Waals surface area contributed by atoms with Crippen LogP contribution in [-0.4, -0.2) is 38.1 Å². The maximum Gasteiger partial charge on any atom is 0.247 e. The van der Waals surface area contributed by atoms with Crippen LogP contribution in [0.5, 0.6) is 5.75 Å². The predicted octanol–water partition coefficient (Wildman–Crippen LogP) is 3.48. The summed E-state index contributed by atoms with van der Waals surface area (Å²) >= 11 is 0. The lowest BCUT2D eigenvalue weighted by atomic mass is 10.2. The summed E-state index contributed by atoms with van der Waals surface area (Å²) < 4.78 is 20.5. The highest BCUT2D eigenvalue weighted by molar-refractivity contribution is 5.56. The molecular formula is C20H24FN5O2. The Kier molecular flexibility index (Phi) is 5.89. The molecule has 0 aliphatic heterocycles. The second-order valence-corrected chi connectivity index (χ2v) is 6.64. The monoisotopic (exact) mass is 385 g/mol. The van der Waals surface area contributed by atoms with Crippen LogP contribution >= 0.6 is 0 Å². The Morgan fingerprint density at radius 3 is 2.50 bits per heavy atom.